The quantitative estimate of drug-likeness (QED) is 0.443. The van der Waals surface area contributed by atoms with E-state index < -0.39 is 0 Å². The molecule has 0 spiro atoms. The van der Waals surface area contributed by atoms with Crippen LogP contribution in [0.25, 0.3) is 0 Å². The fourth-order valence-corrected chi connectivity index (χ4v) is 1.72. The largest absolute Gasteiger partial charge is 0.229 e. The lowest BCUT2D eigenvalue weighted by atomic mass is 9.90. The maximum Gasteiger partial charge on any atom is 0.0157 e. The molecule has 0 aliphatic heterocycles. The number of hydrogen-bond donors (Lipinski definition) is 0. The first-order chi connectivity index (χ1) is 4.93. The lowest BCUT2D eigenvalue weighted by molar-refractivity contribution is 0.445. The molecule has 1 saturated carbocycles. The third-order valence-electron chi connectivity index (χ3n) is 2.03. The summed E-state index contributed by atoms with van der Waals surface area (Å²) in [6, 6.07) is 0. The Bertz CT molecular complexity index is 106. The number of hydrogen-bond acceptors (Lipinski definition) is 2. The molecule has 0 aromatic heterocycles. The zero-order chi connectivity index (χ0) is 7.23. The van der Waals surface area contributed by atoms with Crippen molar-refractivity contribution in [3.63, 3.8) is 0 Å². The van der Waals surface area contributed by atoms with E-state index in [0.717, 1.165) is 5.92 Å². The molecule has 0 unspecified atom stereocenters. The summed E-state index contributed by atoms with van der Waals surface area (Å²) in [5.41, 5.74) is 0. The van der Waals surface area contributed by atoms with Gasteiger partial charge in [0.15, 0.2) is 0 Å². The van der Waals surface area contributed by atoms with Crippen molar-refractivity contribution in [3.8, 4) is 0 Å². The molecular weight excluding hydrogens is 142 g/mol. The second-order valence-electron chi connectivity index (χ2n) is 2.84. The summed E-state index contributed by atoms with van der Waals surface area (Å²) < 4.78 is 4.19. The van der Waals surface area contributed by atoms with Crippen LogP contribution in [0.4, 0.5) is 0 Å². The van der Waals surface area contributed by atoms with Gasteiger partial charge < -0.3 is 0 Å². The zero-order valence-electron chi connectivity index (χ0n) is 6.55. The molecule has 1 aliphatic carbocycles. The van der Waals surface area contributed by atoms with Crippen molar-refractivity contribution in [3.05, 3.63) is 0 Å². The highest BCUT2D eigenvalue weighted by atomic mass is 32.2. The van der Waals surface area contributed by atoms with Crippen molar-refractivity contribution in [2.45, 2.75) is 32.1 Å². The third-order valence-corrected chi connectivity index (χ3v) is 2.36. The Kier molecular flexibility index (Phi) is 3.88. The first-order valence-corrected chi connectivity index (χ1v) is 5.18. The third kappa shape index (κ3) is 2.74. The highest BCUT2D eigenvalue weighted by molar-refractivity contribution is 7.97. The van der Waals surface area contributed by atoms with Crippen molar-refractivity contribution in [1.29, 1.82) is 0 Å². The van der Waals surface area contributed by atoms with Crippen LogP contribution in [0, 0.1) is 5.92 Å². The number of rotatable bonds is 2. The van der Waals surface area contributed by atoms with E-state index in [9.17, 15) is 0 Å². The van der Waals surface area contributed by atoms with E-state index in [1.54, 1.807) is 11.9 Å². The van der Waals surface area contributed by atoms with Crippen molar-refractivity contribution in [2.24, 2.45) is 10.3 Å². The van der Waals surface area contributed by atoms with Gasteiger partial charge in [-0.2, -0.15) is 0 Å². The standard InChI is InChI=1S/C8H15NS/c1-10-9-7-8-5-3-2-4-6-8/h7-8H,2-6H2,1H3/b9-7+. The van der Waals surface area contributed by atoms with Gasteiger partial charge in [-0.05, 0) is 30.7 Å². The van der Waals surface area contributed by atoms with Gasteiger partial charge in [-0.25, -0.2) is 4.40 Å². The molecule has 0 saturated heterocycles. The molecular formula is C8H15NS. The molecule has 0 N–H and O–H groups in total. The normalized spacial score (nSPS) is 22.1. The van der Waals surface area contributed by atoms with E-state index in [1.165, 1.54) is 32.1 Å². The maximum absolute atomic E-state index is 4.19. The van der Waals surface area contributed by atoms with Gasteiger partial charge in [0.25, 0.3) is 0 Å². The van der Waals surface area contributed by atoms with Crippen LogP contribution in [0.1, 0.15) is 32.1 Å². The SMILES string of the molecule is CS/N=C/C1CCCCC1. The summed E-state index contributed by atoms with van der Waals surface area (Å²) in [5, 5.41) is 0. The molecule has 0 aromatic carbocycles. The summed E-state index contributed by atoms with van der Waals surface area (Å²) in [6.07, 6.45) is 11.1. The average molecular weight is 157 g/mol. The van der Waals surface area contributed by atoms with Gasteiger partial charge in [0.2, 0.25) is 0 Å². The summed E-state index contributed by atoms with van der Waals surface area (Å²) in [5.74, 6) is 0.793. The molecule has 1 aliphatic rings. The first-order valence-electron chi connectivity index (χ1n) is 4.00. The van der Waals surface area contributed by atoms with E-state index in [4.69, 9.17) is 0 Å². The molecule has 0 amide bonds. The molecule has 10 heavy (non-hydrogen) atoms. The van der Waals surface area contributed by atoms with Crippen LogP contribution in [0.5, 0.6) is 0 Å². The Morgan fingerprint density at radius 1 is 1.30 bits per heavy atom. The lowest BCUT2D eigenvalue weighted by Crippen LogP contribution is -2.06. The molecule has 1 fully saturated rings. The Hall–Kier alpha value is 0.0200. The van der Waals surface area contributed by atoms with Crippen LogP contribution < -0.4 is 0 Å². The van der Waals surface area contributed by atoms with Crippen LogP contribution >= 0.6 is 11.9 Å². The topological polar surface area (TPSA) is 12.4 Å². The zero-order valence-corrected chi connectivity index (χ0v) is 7.36. The van der Waals surface area contributed by atoms with Crippen LogP contribution in [-0.2, 0) is 0 Å². The second-order valence-corrected chi connectivity index (χ2v) is 3.41. The minimum absolute atomic E-state index is 0.793. The van der Waals surface area contributed by atoms with Crippen molar-refractivity contribution in [2.75, 3.05) is 6.26 Å². The van der Waals surface area contributed by atoms with Crippen LogP contribution in [0.2, 0.25) is 0 Å². The monoisotopic (exact) mass is 157 g/mol. The molecule has 0 heterocycles. The van der Waals surface area contributed by atoms with Crippen LogP contribution in [-0.4, -0.2) is 12.5 Å². The summed E-state index contributed by atoms with van der Waals surface area (Å²) >= 11 is 1.56. The molecule has 0 bridgehead atoms. The Morgan fingerprint density at radius 3 is 2.60 bits per heavy atom. The van der Waals surface area contributed by atoms with Gasteiger partial charge in [-0.15, -0.1) is 0 Å². The summed E-state index contributed by atoms with van der Waals surface area (Å²) in [7, 11) is 0. The Balaban J connectivity index is 2.19. The molecule has 0 aromatic rings. The van der Waals surface area contributed by atoms with Gasteiger partial charge in [0, 0.05) is 12.5 Å². The van der Waals surface area contributed by atoms with Crippen LogP contribution in [0.3, 0.4) is 0 Å². The molecule has 1 nitrogen and oxygen atoms in total. The molecule has 0 radical (unpaired) electrons. The summed E-state index contributed by atoms with van der Waals surface area (Å²) in [4.78, 5) is 0. The predicted molar refractivity (Wildman–Crippen MR) is 48.6 cm³/mol. The Labute approximate surface area is 67.4 Å². The van der Waals surface area contributed by atoms with Crippen molar-refractivity contribution >= 4 is 18.2 Å². The van der Waals surface area contributed by atoms with Gasteiger partial charge in [-0.3, -0.25) is 0 Å². The van der Waals surface area contributed by atoms with Gasteiger partial charge in [0.1, 0.15) is 0 Å². The highest BCUT2D eigenvalue weighted by Gasteiger charge is 2.09. The fourth-order valence-electron chi connectivity index (χ4n) is 1.43. The molecule has 2 heteroatoms. The van der Waals surface area contributed by atoms with E-state index in [1.807, 2.05) is 6.26 Å². The average Bonchev–Trinajstić information content (AvgIpc) is 2.03. The van der Waals surface area contributed by atoms with Crippen LogP contribution in [0.15, 0.2) is 4.40 Å². The van der Waals surface area contributed by atoms with Crippen molar-refractivity contribution < 1.29 is 0 Å². The van der Waals surface area contributed by atoms with Gasteiger partial charge in [0.05, 0.1) is 0 Å². The van der Waals surface area contributed by atoms with E-state index in [0.29, 0.717) is 0 Å². The van der Waals surface area contributed by atoms with Gasteiger partial charge in [-0.1, -0.05) is 19.3 Å². The minimum Gasteiger partial charge on any atom is -0.229 e. The van der Waals surface area contributed by atoms with Gasteiger partial charge >= 0.3 is 0 Å². The lowest BCUT2D eigenvalue weighted by Gasteiger charge is -2.16. The second kappa shape index (κ2) is 4.78. The fraction of sp³-hybridized carbons (Fsp3) is 0.875. The van der Waals surface area contributed by atoms with Crippen molar-refractivity contribution in [1.82, 2.24) is 0 Å². The maximum atomic E-state index is 4.19. The number of nitrogens with zero attached hydrogens (tertiary/aromatic N) is 1. The smallest absolute Gasteiger partial charge is 0.0157 e. The minimum atomic E-state index is 0.793. The molecule has 0 atom stereocenters. The van der Waals surface area contributed by atoms with E-state index >= 15 is 0 Å². The first kappa shape index (κ1) is 8.12. The summed E-state index contributed by atoms with van der Waals surface area (Å²) in [6.45, 7) is 0. The van der Waals surface area contributed by atoms with E-state index in [-0.39, 0.29) is 0 Å². The predicted octanol–water partition coefficient (Wildman–Crippen LogP) is 2.92. The highest BCUT2D eigenvalue weighted by Crippen LogP contribution is 2.22. The Morgan fingerprint density at radius 2 is 2.00 bits per heavy atom. The molecule has 1 rings (SSSR count). The van der Waals surface area contributed by atoms with E-state index in [2.05, 4.69) is 10.6 Å². The molecule has 58 valence electrons.